The van der Waals surface area contributed by atoms with E-state index in [1.165, 1.54) is 29.8 Å². The summed E-state index contributed by atoms with van der Waals surface area (Å²) in [6, 6.07) is 0. The van der Waals surface area contributed by atoms with E-state index < -0.39 is 0 Å². The van der Waals surface area contributed by atoms with Crippen molar-refractivity contribution in [3.8, 4) is 0 Å². The Morgan fingerprint density at radius 2 is 2.13 bits per heavy atom. The molecule has 2 aliphatic carbocycles. The summed E-state index contributed by atoms with van der Waals surface area (Å²) in [6.07, 6.45) is 9.49. The average Bonchev–Trinajstić information content (AvgIpc) is 3.21. The van der Waals surface area contributed by atoms with Crippen molar-refractivity contribution in [2.24, 2.45) is 0 Å². The molecule has 0 spiro atoms. The van der Waals surface area contributed by atoms with Crippen molar-refractivity contribution in [3.05, 3.63) is 35.2 Å². The Labute approximate surface area is 134 Å². The molecule has 7 heteroatoms. The minimum absolute atomic E-state index is 0.417. The van der Waals surface area contributed by atoms with Gasteiger partial charge in [0, 0.05) is 35.5 Å². The van der Waals surface area contributed by atoms with Crippen molar-refractivity contribution < 1.29 is 0 Å². The molecule has 0 bridgehead atoms. The van der Waals surface area contributed by atoms with Gasteiger partial charge in [0.05, 0.1) is 5.69 Å². The molecule has 3 aromatic heterocycles. The van der Waals surface area contributed by atoms with Crippen LogP contribution in [0, 0.1) is 0 Å². The summed E-state index contributed by atoms with van der Waals surface area (Å²) in [5.41, 5.74) is 12.0. The van der Waals surface area contributed by atoms with Gasteiger partial charge < -0.3 is 5.73 Å². The van der Waals surface area contributed by atoms with Crippen molar-refractivity contribution in [2.45, 2.75) is 43.9 Å². The number of nitrogens with one attached hydrogen (secondary N) is 1. The second-order valence-corrected chi connectivity index (χ2v) is 6.87. The molecule has 3 N–H and O–H groups in total. The normalized spacial score (nSPS) is 20.8. The second-order valence-electron chi connectivity index (χ2n) is 6.87. The van der Waals surface area contributed by atoms with Gasteiger partial charge in [-0.25, -0.2) is 9.97 Å². The maximum absolute atomic E-state index is 6.05. The van der Waals surface area contributed by atoms with Gasteiger partial charge in [-0.3, -0.25) is 9.50 Å². The predicted octanol–water partition coefficient (Wildman–Crippen LogP) is 0.443. The molecule has 3 aromatic rings. The number of fused-ring (bicyclic) bond motifs is 2. The standard InChI is InChI=1S/C16H19BN6/c17-14-13-15(18)19-5-6-23(13)16(20-14)9-3-4-11-10(7-9)12(22-21-11)8-1-2-8/h5-6,8-9H,1-4,7,17H2,(H2,18,19)(H,21,22). The van der Waals surface area contributed by atoms with E-state index in [9.17, 15) is 0 Å². The van der Waals surface area contributed by atoms with E-state index in [0.717, 1.165) is 36.2 Å². The number of hydrogen-bond donors (Lipinski definition) is 2. The van der Waals surface area contributed by atoms with Gasteiger partial charge in [-0.15, -0.1) is 0 Å². The van der Waals surface area contributed by atoms with E-state index in [1.807, 2.05) is 14.0 Å². The predicted molar refractivity (Wildman–Crippen MR) is 90.9 cm³/mol. The monoisotopic (exact) mass is 306 g/mol. The number of aromatic nitrogens is 5. The smallest absolute Gasteiger partial charge is 0.167 e. The van der Waals surface area contributed by atoms with Gasteiger partial charge in [0.25, 0.3) is 0 Å². The number of nitrogens with two attached hydrogens (primary N) is 1. The van der Waals surface area contributed by atoms with Crippen LogP contribution in [-0.4, -0.2) is 32.4 Å². The number of anilines is 1. The summed E-state index contributed by atoms with van der Waals surface area (Å²) >= 11 is 0. The summed E-state index contributed by atoms with van der Waals surface area (Å²) < 4.78 is 2.13. The molecule has 6 nitrogen and oxygen atoms in total. The van der Waals surface area contributed by atoms with Crippen LogP contribution in [0.1, 0.15) is 53.9 Å². The zero-order valence-electron chi connectivity index (χ0n) is 13.2. The highest BCUT2D eigenvalue weighted by molar-refractivity contribution is 6.36. The Morgan fingerprint density at radius 1 is 1.26 bits per heavy atom. The van der Waals surface area contributed by atoms with Gasteiger partial charge >= 0.3 is 0 Å². The van der Waals surface area contributed by atoms with Crippen molar-refractivity contribution in [1.82, 2.24) is 24.6 Å². The van der Waals surface area contributed by atoms with Gasteiger partial charge in [-0.2, -0.15) is 5.10 Å². The molecule has 1 fully saturated rings. The maximum atomic E-state index is 6.05. The number of H-pyrrole nitrogens is 1. The second kappa shape index (κ2) is 4.60. The third-order valence-electron chi connectivity index (χ3n) is 5.29. The molecule has 1 saturated carbocycles. The Bertz CT molecular complexity index is 907. The van der Waals surface area contributed by atoms with Crippen molar-refractivity contribution >= 4 is 24.8 Å². The third-order valence-corrected chi connectivity index (χ3v) is 5.29. The van der Waals surface area contributed by atoms with E-state index in [2.05, 4.69) is 19.6 Å². The van der Waals surface area contributed by atoms with Crippen LogP contribution in [0.4, 0.5) is 5.82 Å². The molecule has 0 saturated heterocycles. The van der Waals surface area contributed by atoms with E-state index >= 15 is 0 Å². The molecule has 0 aromatic carbocycles. The molecule has 1 atom stereocenters. The summed E-state index contributed by atoms with van der Waals surface area (Å²) in [5.74, 6) is 2.77. The first kappa shape index (κ1) is 13.2. The molecule has 0 radical (unpaired) electrons. The number of nitrogens with zero attached hydrogens (tertiary/aromatic N) is 4. The summed E-state index contributed by atoms with van der Waals surface area (Å²) in [6.45, 7) is 0. The van der Waals surface area contributed by atoms with Crippen LogP contribution in [0.5, 0.6) is 0 Å². The molecule has 5 rings (SSSR count). The molecule has 116 valence electrons. The van der Waals surface area contributed by atoms with E-state index in [-0.39, 0.29) is 0 Å². The first-order valence-corrected chi connectivity index (χ1v) is 8.37. The topological polar surface area (TPSA) is 84.9 Å². The Morgan fingerprint density at radius 3 is 2.96 bits per heavy atom. The van der Waals surface area contributed by atoms with Crippen LogP contribution >= 0.6 is 0 Å². The van der Waals surface area contributed by atoms with Crippen LogP contribution in [0.25, 0.3) is 5.52 Å². The number of rotatable bonds is 2. The number of nitrogen functional groups attached to an aromatic ring is 1. The van der Waals surface area contributed by atoms with Crippen molar-refractivity contribution in [2.75, 3.05) is 5.73 Å². The average molecular weight is 306 g/mol. The number of hydrogen-bond acceptors (Lipinski definition) is 4. The van der Waals surface area contributed by atoms with Crippen LogP contribution in [0.2, 0.25) is 0 Å². The minimum Gasteiger partial charge on any atom is -0.382 e. The zero-order valence-corrected chi connectivity index (χ0v) is 13.2. The number of imidazole rings is 1. The highest BCUT2D eigenvalue weighted by Crippen LogP contribution is 2.44. The molecule has 3 heterocycles. The highest BCUT2D eigenvalue weighted by Gasteiger charge is 2.34. The van der Waals surface area contributed by atoms with Crippen molar-refractivity contribution in [3.63, 3.8) is 0 Å². The molecule has 0 aliphatic heterocycles. The lowest BCUT2D eigenvalue weighted by Gasteiger charge is -2.21. The van der Waals surface area contributed by atoms with Gasteiger partial charge in [0.15, 0.2) is 7.85 Å². The van der Waals surface area contributed by atoms with Gasteiger partial charge in [-0.05, 0) is 37.7 Å². The largest absolute Gasteiger partial charge is 0.382 e. The van der Waals surface area contributed by atoms with E-state index in [0.29, 0.717) is 17.7 Å². The molecule has 2 aliphatic rings. The van der Waals surface area contributed by atoms with Gasteiger partial charge in [0.2, 0.25) is 0 Å². The summed E-state index contributed by atoms with van der Waals surface area (Å²) in [5, 5.41) is 7.85. The molecular formula is C16H19BN6. The fourth-order valence-corrected chi connectivity index (χ4v) is 3.99. The molecule has 1 unspecified atom stereocenters. The Balaban J connectivity index is 1.58. The lowest BCUT2D eigenvalue weighted by Crippen LogP contribution is -2.16. The SMILES string of the molecule is Bc1nc(C2CCc3[nH]nc(C4CC4)c3C2)n2ccnc(N)c12. The lowest BCUT2D eigenvalue weighted by atomic mass is 9.85. The maximum Gasteiger partial charge on any atom is 0.167 e. The van der Waals surface area contributed by atoms with Crippen LogP contribution in [-0.2, 0) is 12.8 Å². The number of aryl methyl sites for hydroxylation is 1. The van der Waals surface area contributed by atoms with Crippen LogP contribution < -0.4 is 11.3 Å². The highest BCUT2D eigenvalue weighted by atomic mass is 15.1. The summed E-state index contributed by atoms with van der Waals surface area (Å²) in [4.78, 5) is 9.04. The summed E-state index contributed by atoms with van der Waals surface area (Å²) in [7, 11) is 2.01. The molecular weight excluding hydrogens is 287 g/mol. The van der Waals surface area contributed by atoms with E-state index in [4.69, 9.17) is 10.7 Å². The fraction of sp³-hybridized carbons (Fsp3) is 0.438. The quantitative estimate of drug-likeness (QED) is 0.673. The first-order chi connectivity index (χ1) is 11.2. The lowest BCUT2D eigenvalue weighted by molar-refractivity contribution is 0.547. The fourth-order valence-electron chi connectivity index (χ4n) is 3.99. The zero-order chi connectivity index (χ0) is 15.6. The van der Waals surface area contributed by atoms with E-state index in [1.54, 1.807) is 6.20 Å². The van der Waals surface area contributed by atoms with Crippen LogP contribution in [0.3, 0.4) is 0 Å². The molecule has 0 amide bonds. The van der Waals surface area contributed by atoms with Gasteiger partial charge in [0.1, 0.15) is 17.2 Å². The Hall–Kier alpha value is -2.31. The Kier molecular flexibility index (Phi) is 2.63. The molecule has 23 heavy (non-hydrogen) atoms. The number of aromatic amines is 1. The minimum atomic E-state index is 0.417. The van der Waals surface area contributed by atoms with Crippen LogP contribution in [0.15, 0.2) is 12.4 Å². The van der Waals surface area contributed by atoms with Crippen molar-refractivity contribution in [1.29, 1.82) is 0 Å². The van der Waals surface area contributed by atoms with Gasteiger partial charge in [-0.1, -0.05) is 0 Å². The first-order valence-electron chi connectivity index (χ1n) is 8.37. The third kappa shape index (κ3) is 1.92.